The second-order valence-corrected chi connectivity index (χ2v) is 6.90. The number of alkyl carbamates (subject to hydrolysis) is 1. The molecule has 1 amide bonds. The lowest BCUT2D eigenvalue weighted by Gasteiger charge is -2.21. The monoisotopic (exact) mass is 373 g/mol. The Bertz CT molecular complexity index is 844. The first-order valence-electron chi connectivity index (χ1n) is 8.17. The molecule has 0 fully saturated rings. The third-order valence-corrected chi connectivity index (χ3v) is 3.36. The summed E-state index contributed by atoms with van der Waals surface area (Å²) in [5.41, 5.74) is 0.262. The highest BCUT2D eigenvalue weighted by Crippen LogP contribution is 2.10. The molecule has 0 aliphatic carbocycles. The second kappa shape index (κ2) is 8.54. The van der Waals surface area contributed by atoms with E-state index in [0.717, 1.165) is 11.5 Å². The van der Waals surface area contributed by atoms with E-state index in [1.54, 1.807) is 13.1 Å². The Morgan fingerprint density at radius 1 is 1.42 bits per heavy atom. The van der Waals surface area contributed by atoms with Crippen molar-refractivity contribution < 1.29 is 9.53 Å². The average Bonchev–Trinajstić information content (AvgIpc) is 3.01. The third-order valence-electron chi connectivity index (χ3n) is 3.14. The fourth-order valence-electron chi connectivity index (χ4n) is 2.17. The van der Waals surface area contributed by atoms with Gasteiger partial charge in [0.05, 0.1) is 6.54 Å². The average molecular weight is 373 g/mol. The van der Waals surface area contributed by atoms with Crippen LogP contribution >= 0.6 is 12.2 Å². The Morgan fingerprint density at radius 3 is 2.88 bits per heavy atom. The summed E-state index contributed by atoms with van der Waals surface area (Å²) in [6, 6.07) is 5.33. The van der Waals surface area contributed by atoms with Crippen molar-refractivity contribution in [2.24, 2.45) is 0 Å². The Balaban J connectivity index is 1.94. The normalized spacial score (nSPS) is 11.8. The molecule has 0 aliphatic rings. The summed E-state index contributed by atoms with van der Waals surface area (Å²) in [4.78, 5) is 16.0. The van der Waals surface area contributed by atoms with Crippen molar-refractivity contribution in [1.29, 1.82) is 0 Å². The van der Waals surface area contributed by atoms with Crippen molar-refractivity contribution in [3.05, 3.63) is 30.6 Å². The van der Waals surface area contributed by atoms with Crippen molar-refractivity contribution in [3.8, 4) is 11.8 Å². The third kappa shape index (κ3) is 5.93. The van der Waals surface area contributed by atoms with Gasteiger partial charge in [-0.25, -0.2) is 9.78 Å². The summed E-state index contributed by atoms with van der Waals surface area (Å²) >= 11 is 5.36. The molecule has 2 aromatic heterocycles. The van der Waals surface area contributed by atoms with Crippen LogP contribution in [0.4, 0.5) is 10.6 Å². The lowest BCUT2D eigenvalue weighted by molar-refractivity contribution is 0.0526. The van der Waals surface area contributed by atoms with Crippen LogP contribution in [-0.2, 0) is 4.74 Å². The number of carbonyl (C=O) groups excluding carboxylic acids is 1. The summed E-state index contributed by atoms with van der Waals surface area (Å²) in [5.74, 6) is 6.58. The number of nitrogens with one attached hydrogen (secondary N) is 3. The molecule has 3 N–H and O–H groups in total. The largest absolute Gasteiger partial charge is 0.444 e. The van der Waals surface area contributed by atoms with Crippen LogP contribution < -0.4 is 16.0 Å². The first-order valence-corrected chi connectivity index (χ1v) is 8.58. The molecule has 8 heteroatoms. The molecule has 26 heavy (non-hydrogen) atoms. The van der Waals surface area contributed by atoms with E-state index < -0.39 is 11.7 Å². The summed E-state index contributed by atoms with van der Waals surface area (Å²) in [6.45, 7) is 7.41. The molecule has 0 aliphatic heterocycles. The topological polar surface area (TPSA) is 79.7 Å². The molecule has 0 spiro atoms. The second-order valence-electron chi connectivity index (χ2n) is 6.49. The molecule has 0 saturated heterocycles. The summed E-state index contributed by atoms with van der Waals surface area (Å²) in [5, 5.41) is 9.29. The van der Waals surface area contributed by atoms with Gasteiger partial charge in [0.15, 0.2) is 5.11 Å². The minimum Gasteiger partial charge on any atom is -0.444 e. The molecule has 0 radical (unpaired) electrons. The predicted molar refractivity (Wildman–Crippen MR) is 106 cm³/mol. The van der Waals surface area contributed by atoms with Gasteiger partial charge < -0.3 is 20.7 Å². The minimum absolute atomic E-state index is 0.257. The summed E-state index contributed by atoms with van der Waals surface area (Å²) in [7, 11) is 0. The van der Waals surface area contributed by atoms with Gasteiger partial charge in [0.25, 0.3) is 0 Å². The number of ether oxygens (including phenoxy) is 1. The maximum atomic E-state index is 11.8. The highest BCUT2D eigenvalue weighted by atomic mass is 32.1. The summed E-state index contributed by atoms with van der Waals surface area (Å²) in [6.07, 6.45) is 3.06. The molecule has 0 bridgehead atoms. The Hall–Kier alpha value is -2.79. The number of nitrogens with zero attached hydrogens (tertiary/aromatic N) is 2. The number of aromatic nitrogens is 2. The number of rotatable bonds is 4. The van der Waals surface area contributed by atoms with Crippen LogP contribution in [0.2, 0.25) is 0 Å². The van der Waals surface area contributed by atoms with Crippen LogP contribution in [0.25, 0.3) is 5.65 Å². The number of carbonyl (C=O) groups is 1. The van der Waals surface area contributed by atoms with E-state index in [1.165, 1.54) is 0 Å². The fourth-order valence-corrected chi connectivity index (χ4v) is 2.42. The van der Waals surface area contributed by atoms with Crippen LogP contribution in [0.1, 0.15) is 27.7 Å². The number of imidazole rings is 1. The minimum atomic E-state index is -0.552. The first-order chi connectivity index (χ1) is 12.3. The van der Waals surface area contributed by atoms with E-state index >= 15 is 0 Å². The molecule has 7 nitrogen and oxygen atoms in total. The molecular formula is C18H23N5O2S. The van der Waals surface area contributed by atoms with E-state index in [4.69, 9.17) is 17.0 Å². The molecule has 0 aromatic carbocycles. The van der Waals surface area contributed by atoms with Gasteiger partial charge >= 0.3 is 6.09 Å². The van der Waals surface area contributed by atoms with Crippen LogP contribution in [0, 0.1) is 11.8 Å². The number of hydrogen-bond acceptors (Lipinski definition) is 4. The Labute approximate surface area is 158 Å². The highest BCUT2D eigenvalue weighted by molar-refractivity contribution is 7.80. The van der Waals surface area contributed by atoms with Gasteiger partial charge in [-0.1, -0.05) is 12.0 Å². The molecule has 2 aromatic rings. The number of thiocarbonyl (C=S) groups is 1. The molecule has 0 saturated carbocycles. The van der Waals surface area contributed by atoms with Gasteiger partial charge in [-0.05, 0) is 52.0 Å². The van der Waals surface area contributed by atoms with E-state index in [2.05, 4.69) is 32.8 Å². The van der Waals surface area contributed by atoms with Gasteiger partial charge in [0.1, 0.15) is 23.1 Å². The zero-order valence-electron chi connectivity index (χ0n) is 15.3. The van der Waals surface area contributed by atoms with Crippen LogP contribution in [0.3, 0.4) is 0 Å². The van der Waals surface area contributed by atoms with Crippen molar-refractivity contribution >= 4 is 34.9 Å². The van der Waals surface area contributed by atoms with Crippen LogP contribution in [-0.4, -0.2) is 38.8 Å². The van der Waals surface area contributed by atoms with Crippen molar-refractivity contribution in [2.75, 3.05) is 11.9 Å². The lowest BCUT2D eigenvalue weighted by atomic mass is 10.2. The van der Waals surface area contributed by atoms with Gasteiger partial charge in [0, 0.05) is 12.4 Å². The van der Waals surface area contributed by atoms with E-state index in [1.807, 2.05) is 49.6 Å². The number of anilines is 1. The number of fused-ring (bicyclic) bond motifs is 1. The fraction of sp³-hybridized carbons (Fsp3) is 0.389. The van der Waals surface area contributed by atoms with Crippen molar-refractivity contribution in [3.63, 3.8) is 0 Å². The number of amides is 1. The summed E-state index contributed by atoms with van der Waals surface area (Å²) < 4.78 is 7.10. The van der Waals surface area contributed by atoms with E-state index in [-0.39, 0.29) is 12.6 Å². The predicted octanol–water partition coefficient (Wildman–Crippen LogP) is 2.54. The standard InChI is InChI=1S/C18H23N5O2S/c1-5-7-13(12-20-17(24)25-18(2,3)4)21-16(26)22-15-9-6-8-14-19-10-11-23(14)15/h6,8-11,13H,12H2,1-4H3,(H,20,24)(H2,21,22,26)/t13-/m1/s1. The highest BCUT2D eigenvalue weighted by Gasteiger charge is 2.17. The maximum absolute atomic E-state index is 11.8. The first kappa shape index (κ1) is 19.5. The van der Waals surface area contributed by atoms with Crippen LogP contribution in [0.5, 0.6) is 0 Å². The van der Waals surface area contributed by atoms with E-state index in [9.17, 15) is 4.79 Å². The molecule has 2 rings (SSSR count). The molecule has 1 atom stereocenters. The van der Waals surface area contributed by atoms with Gasteiger partial charge in [-0.3, -0.25) is 4.40 Å². The van der Waals surface area contributed by atoms with Gasteiger partial charge in [-0.15, -0.1) is 5.92 Å². The zero-order valence-corrected chi connectivity index (χ0v) is 16.1. The zero-order chi connectivity index (χ0) is 19.2. The molecule has 2 heterocycles. The number of pyridine rings is 1. The number of hydrogen-bond donors (Lipinski definition) is 3. The molecule has 138 valence electrons. The Morgan fingerprint density at radius 2 is 2.19 bits per heavy atom. The maximum Gasteiger partial charge on any atom is 0.407 e. The lowest BCUT2D eigenvalue weighted by Crippen LogP contribution is -2.45. The quantitative estimate of drug-likeness (QED) is 0.565. The Kier molecular flexibility index (Phi) is 6.41. The van der Waals surface area contributed by atoms with E-state index in [0.29, 0.717) is 5.11 Å². The SMILES string of the molecule is CC#C[C@H](CNC(=O)OC(C)(C)C)NC(=S)Nc1cccc2nccn12. The van der Waals surface area contributed by atoms with Gasteiger partial charge in [0.2, 0.25) is 0 Å². The smallest absolute Gasteiger partial charge is 0.407 e. The van der Waals surface area contributed by atoms with Crippen molar-refractivity contribution in [1.82, 2.24) is 20.0 Å². The molecule has 0 unspecified atom stereocenters. The molecular weight excluding hydrogens is 350 g/mol. The van der Waals surface area contributed by atoms with Crippen molar-refractivity contribution in [2.45, 2.75) is 39.3 Å². The van der Waals surface area contributed by atoms with Gasteiger partial charge in [-0.2, -0.15) is 0 Å². The van der Waals surface area contributed by atoms with Crippen LogP contribution in [0.15, 0.2) is 30.6 Å².